The van der Waals surface area contributed by atoms with E-state index < -0.39 is 31.3 Å². The molecule has 9 heteroatoms. The summed E-state index contributed by atoms with van der Waals surface area (Å²) in [6, 6.07) is 16.3. The maximum absolute atomic E-state index is 12.4. The monoisotopic (exact) mass is 400 g/mol. The first-order valence-electron chi connectivity index (χ1n) is 9.15. The number of carbonyl (C=O) groups excluding carboxylic acids is 2. The Balaban J connectivity index is 1.92. The summed E-state index contributed by atoms with van der Waals surface area (Å²) in [5, 5.41) is 23.4. The number of amides is 2. The van der Waals surface area contributed by atoms with Crippen LogP contribution in [0.2, 0.25) is 0 Å². The maximum Gasteiger partial charge on any atom is 0.635 e. The molecule has 0 saturated carbocycles. The van der Waals surface area contributed by atoms with Crippen LogP contribution in [0.15, 0.2) is 54.6 Å². The standard InChI is InChI=1S/C20H25BN2O6/c1-14(19(24)22-13-16-9-6-10-17(11-16)28-2)20(25)23-18(29-21(26)27)12-15-7-4-3-5-8-15/h3-11,14,18,26-27H,12-13H2,1-2H3,(H,22,24)(H,23,25)/t14?,18-/m1/s1. The molecule has 1 unspecified atom stereocenters. The minimum atomic E-state index is -2.05. The molecule has 2 aromatic carbocycles. The molecule has 0 bridgehead atoms. The second kappa shape index (κ2) is 11.2. The van der Waals surface area contributed by atoms with Crippen LogP contribution in [0.4, 0.5) is 0 Å². The van der Waals surface area contributed by atoms with Gasteiger partial charge in [-0.3, -0.25) is 9.59 Å². The van der Waals surface area contributed by atoms with Crippen molar-refractivity contribution in [1.29, 1.82) is 0 Å². The fourth-order valence-electron chi connectivity index (χ4n) is 2.64. The topological polar surface area (TPSA) is 117 Å². The molecule has 2 amide bonds. The molecule has 0 aliphatic carbocycles. The van der Waals surface area contributed by atoms with E-state index in [-0.39, 0.29) is 13.0 Å². The van der Waals surface area contributed by atoms with E-state index in [2.05, 4.69) is 10.6 Å². The van der Waals surface area contributed by atoms with Crippen molar-refractivity contribution in [1.82, 2.24) is 10.6 Å². The number of benzene rings is 2. The molecule has 4 N–H and O–H groups in total. The molecule has 154 valence electrons. The zero-order valence-corrected chi connectivity index (χ0v) is 16.4. The number of ether oxygens (including phenoxy) is 1. The minimum Gasteiger partial charge on any atom is -0.497 e. The smallest absolute Gasteiger partial charge is 0.497 e. The van der Waals surface area contributed by atoms with Gasteiger partial charge in [-0.2, -0.15) is 0 Å². The van der Waals surface area contributed by atoms with Gasteiger partial charge in [0.2, 0.25) is 11.8 Å². The Hall–Kier alpha value is -2.88. The molecule has 0 aliphatic heterocycles. The number of hydrogen-bond donors (Lipinski definition) is 4. The Morgan fingerprint density at radius 3 is 2.38 bits per heavy atom. The summed E-state index contributed by atoms with van der Waals surface area (Å²) in [5.74, 6) is -1.38. The van der Waals surface area contributed by atoms with Gasteiger partial charge in [-0.15, -0.1) is 0 Å². The highest BCUT2D eigenvalue weighted by molar-refractivity contribution is 6.32. The highest BCUT2D eigenvalue weighted by atomic mass is 16.6. The van der Waals surface area contributed by atoms with E-state index >= 15 is 0 Å². The maximum atomic E-state index is 12.4. The summed E-state index contributed by atoms with van der Waals surface area (Å²) in [6.07, 6.45) is -0.791. The normalized spacial score (nSPS) is 12.6. The zero-order valence-electron chi connectivity index (χ0n) is 16.4. The highest BCUT2D eigenvalue weighted by Crippen LogP contribution is 2.12. The summed E-state index contributed by atoms with van der Waals surface area (Å²) < 4.78 is 10.1. The van der Waals surface area contributed by atoms with Gasteiger partial charge >= 0.3 is 7.32 Å². The number of nitrogens with one attached hydrogen (secondary N) is 2. The van der Waals surface area contributed by atoms with Crippen molar-refractivity contribution >= 4 is 19.1 Å². The summed E-state index contributed by atoms with van der Waals surface area (Å²) in [5.41, 5.74) is 1.66. The molecule has 2 atom stereocenters. The molecule has 2 rings (SSSR count). The molecule has 0 radical (unpaired) electrons. The average molecular weight is 400 g/mol. The molecule has 8 nitrogen and oxygen atoms in total. The van der Waals surface area contributed by atoms with Crippen LogP contribution < -0.4 is 15.4 Å². The van der Waals surface area contributed by atoms with Crippen LogP contribution in [0.25, 0.3) is 0 Å². The predicted octanol–water partition coefficient (Wildman–Crippen LogP) is 0.619. The predicted molar refractivity (Wildman–Crippen MR) is 107 cm³/mol. The number of carbonyl (C=O) groups is 2. The lowest BCUT2D eigenvalue weighted by atomic mass is 10.1. The van der Waals surface area contributed by atoms with Gasteiger partial charge in [0.1, 0.15) is 17.9 Å². The van der Waals surface area contributed by atoms with Crippen LogP contribution in [-0.4, -0.2) is 42.5 Å². The van der Waals surface area contributed by atoms with Crippen LogP contribution in [-0.2, 0) is 27.2 Å². The van der Waals surface area contributed by atoms with Gasteiger partial charge in [0, 0.05) is 13.0 Å². The highest BCUT2D eigenvalue weighted by Gasteiger charge is 2.26. The van der Waals surface area contributed by atoms with Crippen LogP contribution >= 0.6 is 0 Å². The molecular weight excluding hydrogens is 375 g/mol. The van der Waals surface area contributed by atoms with Crippen molar-refractivity contribution in [2.24, 2.45) is 5.92 Å². The van der Waals surface area contributed by atoms with Crippen LogP contribution in [0.5, 0.6) is 5.75 Å². The van der Waals surface area contributed by atoms with E-state index in [9.17, 15) is 9.59 Å². The second-order valence-electron chi connectivity index (χ2n) is 6.44. The van der Waals surface area contributed by atoms with Gasteiger partial charge in [-0.1, -0.05) is 42.5 Å². The Bertz CT molecular complexity index is 803. The van der Waals surface area contributed by atoms with Gasteiger partial charge < -0.3 is 30.1 Å². The summed E-state index contributed by atoms with van der Waals surface area (Å²) in [4.78, 5) is 24.8. The molecule has 2 aromatic rings. The van der Waals surface area contributed by atoms with E-state index in [1.165, 1.54) is 6.92 Å². The molecule has 0 saturated heterocycles. The second-order valence-corrected chi connectivity index (χ2v) is 6.44. The first-order valence-corrected chi connectivity index (χ1v) is 9.15. The van der Waals surface area contributed by atoms with Crippen molar-refractivity contribution in [3.8, 4) is 5.75 Å². The lowest BCUT2D eigenvalue weighted by Gasteiger charge is -2.21. The van der Waals surface area contributed by atoms with Crippen molar-refractivity contribution in [2.45, 2.75) is 26.1 Å². The Morgan fingerprint density at radius 2 is 1.72 bits per heavy atom. The van der Waals surface area contributed by atoms with Crippen molar-refractivity contribution in [3.05, 3.63) is 65.7 Å². The Morgan fingerprint density at radius 1 is 1.03 bits per heavy atom. The average Bonchev–Trinajstić information content (AvgIpc) is 2.71. The molecule has 29 heavy (non-hydrogen) atoms. The first-order chi connectivity index (χ1) is 13.9. The van der Waals surface area contributed by atoms with Crippen molar-refractivity contribution in [2.75, 3.05) is 7.11 Å². The fraction of sp³-hybridized carbons (Fsp3) is 0.300. The number of hydrogen-bond acceptors (Lipinski definition) is 6. The summed E-state index contributed by atoms with van der Waals surface area (Å²) in [7, 11) is -0.498. The summed E-state index contributed by atoms with van der Waals surface area (Å²) in [6.45, 7) is 1.71. The number of methoxy groups -OCH3 is 1. The van der Waals surface area contributed by atoms with Crippen molar-refractivity contribution in [3.63, 3.8) is 0 Å². The summed E-state index contributed by atoms with van der Waals surface area (Å²) >= 11 is 0. The van der Waals surface area contributed by atoms with E-state index in [1.807, 2.05) is 42.5 Å². The van der Waals surface area contributed by atoms with Gasteiger partial charge in [0.25, 0.3) is 0 Å². The van der Waals surface area contributed by atoms with Crippen LogP contribution in [0, 0.1) is 5.92 Å². The van der Waals surface area contributed by atoms with Crippen molar-refractivity contribution < 1.29 is 29.0 Å². The molecule has 0 fully saturated rings. The zero-order chi connectivity index (χ0) is 21.2. The Kier molecular flexibility index (Phi) is 8.66. The molecule has 0 spiro atoms. The first kappa shape index (κ1) is 22.4. The van der Waals surface area contributed by atoms with E-state index in [1.54, 1.807) is 19.2 Å². The van der Waals surface area contributed by atoms with E-state index in [0.29, 0.717) is 5.75 Å². The third-order valence-electron chi connectivity index (χ3n) is 4.24. The van der Waals surface area contributed by atoms with E-state index in [4.69, 9.17) is 19.4 Å². The Labute approximate surface area is 170 Å². The lowest BCUT2D eigenvalue weighted by molar-refractivity contribution is -0.136. The van der Waals surface area contributed by atoms with Gasteiger partial charge in [0.05, 0.1) is 7.11 Å². The van der Waals surface area contributed by atoms with Gasteiger partial charge in [-0.25, -0.2) is 0 Å². The lowest BCUT2D eigenvalue weighted by Crippen LogP contribution is -2.47. The molecule has 0 aromatic heterocycles. The van der Waals surface area contributed by atoms with Crippen LogP contribution in [0.3, 0.4) is 0 Å². The third-order valence-corrected chi connectivity index (χ3v) is 4.24. The van der Waals surface area contributed by atoms with E-state index in [0.717, 1.165) is 11.1 Å². The number of rotatable bonds is 10. The molecular formula is C20H25BN2O6. The third kappa shape index (κ3) is 7.57. The van der Waals surface area contributed by atoms with Crippen LogP contribution in [0.1, 0.15) is 18.1 Å². The van der Waals surface area contributed by atoms with Gasteiger partial charge in [0.15, 0.2) is 0 Å². The fourth-order valence-corrected chi connectivity index (χ4v) is 2.64. The SMILES string of the molecule is COc1cccc(CNC(=O)C(C)C(=O)N[C@@H](Cc2ccccc2)OB(O)O)c1. The quantitative estimate of drug-likeness (QED) is 0.264. The molecule has 0 aliphatic rings. The largest absolute Gasteiger partial charge is 0.635 e. The molecule has 0 heterocycles. The van der Waals surface area contributed by atoms with Gasteiger partial charge in [-0.05, 0) is 30.2 Å². The minimum absolute atomic E-state index is 0.211.